The standard InChI is InChI=1S/C14H21BrN2O/c1-10(2)8-9-14(3,13(16)18)17-12-7-5-4-6-11(12)15/h4-7,10,17H,8-9H2,1-3H3,(H2,16,18). The van der Waals surface area contributed by atoms with E-state index in [-0.39, 0.29) is 5.91 Å². The predicted octanol–water partition coefficient (Wildman–Crippen LogP) is 3.54. The average Bonchev–Trinajstić information content (AvgIpc) is 2.29. The number of hydrogen-bond acceptors (Lipinski definition) is 2. The number of carbonyl (C=O) groups excluding carboxylic acids is 1. The van der Waals surface area contributed by atoms with Crippen LogP contribution in [0.2, 0.25) is 0 Å². The number of nitrogens with one attached hydrogen (secondary N) is 1. The van der Waals surface area contributed by atoms with E-state index in [4.69, 9.17) is 5.73 Å². The first kappa shape index (κ1) is 15.0. The molecule has 0 bridgehead atoms. The molecule has 0 heterocycles. The molecule has 1 rings (SSSR count). The van der Waals surface area contributed by atoms with Crippen LogP contribution >= 0.6 is 15.9 Å². The van der Waals surface area contributed by atoms with Crippen molar-refractivity contribution in [2.45, 2.75) is 39.2 Å². The molecule has 1 aromatic carbocycles. The first-order valence-corrected chi connectivity index (χ1v) is 6.97. The van der Waals surface area contributed by atoms with Gasteiger partial charge in [0.05, 0.1) is 0 Å². The van der Waals surface area contributed by atoms with E-state index in [2.05, 4.69) is 35.1 Å². The van der Waals surface area contributed by atoms with Gasteiger partial charge in [0.15, 0.2) is 0 Å². The van der Waals surface area contributed by atoms with E-state index >= 15 is 0 Å². The Kier molecular flexibility index (Phi) is 5.20. The maximum atomic E-state index is 11.7. The van der Waals surface area contributed by atoms with Crippen LogP contribution in [0.15, 0.2) is 28.7 Å². The summed E-state index contributed by atoms with van der Waals surface area (Å²) in [7, 11) is 0. The summed E-state index contributed by atoms with van der Waals surface area (Å²) in [6.45, 7) is 6.14. The minimum Gasteiger partial charge on any atom is -0.371 e. The summed E-state index contributed by atoms with van der Waals surface area (Å²) in [5.74, 6) is 0.226. The molecule has 0 aliphatic rings. The molecular formula is C14H21BrN2O. The SMILES string of the molecule is CC(C)CCC(C)(Nc1ccccc1Br)C(N)=O. The van der Waals surface area contributed by atoms with Gasteiger partial charge in [-0.3, -0.25) is 4.79 Å². The van der Waals surface area contributed by atoms with E-state index in [9.17, 15) is 4.79 Å². The van der Waals surface area contributed by atoms with Crippen LogP contribution in [0.5, 0.6) is 0 Å². The number of carbonyl (C=O) groups is 1. The Balaban J connectivity index is 2.86. The van der Waals surface area contributed by atoms with E-state index < -0.39 is 5.54 Å². The summed E-state index contributed by atoms with van der Waals surface area (Å²) in [4.78, 5) is 11.7. The van der Waals surface area contributed by atoms with Gasteiger partial charge in [0, 0.05) is 10.2 Å². The number of benzene rings is 1. The van der Waals surface area contributed by atoms with Crippen molar-refractivity contribution in [1.82, 2.24) is 0 Å². The Morgan fingerprint density at radius 1 is 1.44 bits per heavy atom. The van der Waals surface area contributed by atoms with Crippen LogP contribution in [-0.2, 0) is 4.79 Å². The number of amides is 1. The third-order valence-electron chi connectivity index (χ3n) is 3.05. The fourth-order valence-electron chi connectivity index (χ4n) is 1.68. The molecule has 3 nitrogen and oxygen atoms in total. The quantitative estimate of drug-likeness (QED) is 0.844. The largest absolute Gasteiger partial charge is 0.371 e. The second-order valence-corrected chi connectivity index (χ2v) is 6.09. The molecule has 1 aromatic rings. The Morgan fingerprint density at radius 3 is 2.56 bits per heavy atom. The molecule has 100 valence electrons. The zero-order chi connectivity index (χ0) is 13.8. The molecule has 0 aliphatic heterocycles. The van der Waals surface area contributed by atoms with Crippen molar-refractivity contribution in [1.29, 1.82) is 0 Å². The van der Waals surface area contributed by atoms with Gasteiger partial charge < -0.3 is 11.1 Å². The third-order valence-corrected chi connectivity index (χ3v) is 3.74. The molecule has 0 saturated heterocycles. The first-order chi connectivity index (χ1) is 8.35. The summed E-state index contributed by atoms with van der Waals surface area (Å²) in [5, 5.41) is 3.26. The fraction of sp³-hybridized carbons (Fsp3) is 0.500. The van der Waals surface area contributed by atoms with Gasteiger partial charge in [-0.1, -0.05) is 26.0 Å². The number of para-hydroxylation sites is 1. The summed E-state index contributed by atoms with van der Waals surface area (Å²) in [6, 6.07) is 7.73. The normalized spacial score (nSPS) is 14.3. The van der Waals surface area contributed by atoms with Gasteiger partial charge >= 0.3 is 0 Å². The van der Waals surface area contributed by atoms with Crippen molar-refractivity contribution in [3.05, 3.63) is 28.7 Å². The van der Waals surface area contributed by atoms with Crippen molar-refractivity contribution in [2.24, 2.45) is 11.7 Å². The molecule has 0 saturated carbocycles. The van der Waals surface area contributed by atoms with Crippen LogP contribution in [0.25, 0.3) is 0 Å². The Bertz CT molecular complexity index is 420. The van der Waals surface area contributed by atoms with Crippen LogP contribution in [-0.4, -0.2) is 11.4 Å². The van der Waals surface area contributed by atoms with Crippen LogP contribution in [0.1, 0.15) is 33.6 Å². The smallest absolute Gasteiger partial charge is 0.242 e. The van der Waals surface area contributed by atoms with Crippen molar-refractivity contribution in [2.75, 3.05) is 5.32 Å². The molecule has 0 spiro atoms. The number of primary amides is 1. The highest BCUT2D eigenvalue weighted by Gasteiger charge is 2.31. The van der Waals surface area contributed by atoms with Crippen LogP contribution in [0.4, 0.5) is 5.69 Å². The van der Waals surface area contributed by atoms with Crippen molar-refractivity contribution >= 4 is 27.5 Å². The van der Waals surface area contributed by atoms with Gasteiger partial charge in [-0.2, -0.15) is 0 Å². The highest BCUT2D eigenvalue weighted by molar-refractivity contribution is 9.10. The summed E-state index contributed by atoms with van der Waals surface area (Å²) in [6.07, 6.45) is 1.68. The molecule has 1 amide bonds. The second kappa shape index (κ2) is 6.23. The monoisotopic (exact) mass is 312 g/mol. The third kappa shape index (κ3) is 4.02. The molecule has 18 heavy (non-hydrogen) atoms. The van der Waals surface area contributed by atoms with E-state index in [1.54, 1.807) is 0 Å². The molecule has 0 aliphatic carbocycles. The number of anilines is 1. The first-order valence-electron chi connectivity index (χ1n) is 6.18. The number of halogens is 1. The van der Waals surface area contributed by atoms with E-state index in [1.807, 2.05) is 31.2 Å². The summed E-state index contributed by atoms with van der Waals surface area (Å²) in [5.41, 5.74) is 5.72. The lowest BCUT2D eigenvalue weighted by Gasteiger charge is -2.29. The van der Waals surface area contributed by atoms with Gasteiger partial charge in [-0.15, -0.1) is 0 Å². The molecule has 0 aromatic heterocycles. The Labute approximate surface area is 117 Å². The summed E-state index contributed by atoms with van der Waals surface area (Å²) < 4.78 is 0.932. The highest BCUT2D eigenvalue weighted by atomic mass is 79.9. The molecule has 1 atom stereocenters. The van der Waals surface area contributed by atoms with Crippen molar-refractivity contribution < 1.29 is 4.79 Å². The molecule has 0 fully saturated rings. The van der Waals surface area contributed by atoms with Crippen molar-refractivity contribution in [3.8, 4) is 0 Å². The zero-order valence-corrected chi connectivity index (χ0v) is 12.8. The van der Waals surface area contributed by atoms with Gasteiger partial charge in [0.2, 0.25) is 5.91 Å². The lowest BCUT2D eigenvalue weighted by Crippen LogP contribution is -2.48. The Hall–Kier alpha value is -1.03. The lowest BCUT2D eigenvalue weighted by atomic mass is 9.91. The number of nitrogens with two attached hydrogens (primary N) is 1. The molecule has 1 unspecified atom stereocenters. The van der Waals surface area contributed by atoms with Crippen LogP contribution < -0.4 is 11.1 Å². The van der Waals surface area contributed by atoms with Gasteiger partial charge in [-0.25, -0.2) is 0 Å². The molecule has 0 radical (unpaired) electrons. The summed E-state index contributed by atoms with van der Waals surface area (Å²) >= 11 is 3.46. The topological polar surface area (TPSA) is 55.1 Å². The van der Waals surface area contributed by atoms with Gasteiger partial charge in [0.1, 0.15) is 5.54 Å². The highest BCUT2D eigenvalue weighted by Crippen LogP contribution is 2.27. The number of rotatable bonds is 6. The maximum Gasteiger partial charge on any atom is 0.242 e. The average molecular weight is 313 g/mol. The van der Waals surface area contributed by atoms with Gasteiger partial charge in [-0.05, 0) is 53.7 Å². The van der Waals surface area contributed by atoms with E-state index in [1.165, 1.54) is 0 Å². The maximum absolute atomic E-state index is 11.7. The molecular weight excluding hydrogens is 292 g/mol. The molecule has 4 heteroatoms. The van der Waals surface area contributed by atoms with Crippen LogP contribution in [0, 0.1) is 5.92 Å². The zero-order valence-electron chi connectivity index (χ0n) is 11.2. The lowest BCUT2D eigenvalue weighted by molar-refractivity contribution is -0.122. The number of hydrogen-bond donors (Lipinski definition) is 2. The van der Waals surface area contributed by atoms with Crippen molar-refractivity contribution in [3.63, 3.8) is 0 Å². The minimum absolute atomic E-state index is 0.320. The predicted molar refractivity (Wildman–Crippen MR) is 79.4 cm³/mol. The van der Waals surface area contributed by atoms with Gasteiger partial charge in [0.25, 0.3) is 0 Å². The van der Waals surface area contributed by atoms with E-state index in [0.29, 0.717) is 5.92 Å². The second-order valence-electron chi connectivity index (χ2n) is 5.23. The fourth-order valence-corrected chi connectivity index (χ4v) is 2.07. The molecule has 3 N–H and O–H groups in total. The minimum atomic E-state index is -0.714. The Morgan fingerprint density at radius 2 is 2.06 bits per heavy atom. The van der Waals surface area contributed by atoms with E-state index in [0.717, 1.165) is 23.0 Å². The van der Waals surface area contributed by atoms with Crippen LogP contribution in [0.3, 0.4) is 0 Å².